The monoisotopic (exact) mass is 447 g/mol. The first-order valence-corrected chi connectivity index (χ1v) is 11.1. The normalized spacial score (nSPS) is 11.0. The van der Waals surface area contributed by atoms with E-state index in [1.165, 1.54) is 23.9 Å². The highest BCUT2D eigenvalue weighted by Gasteiger charge is 2.18. The number of amides is 1. The van der Waals surface area contributed by atoms with Gasteiger partial charge in [0.15, 0.2) is 11.0 Å². The molecule has 1 N–H and O–H groups in total. The predicted octanol–water partition coefficient (Wildman–Crippen LogP) is 5.32. The molecule has 1 amide bonds. The summed E-state index contributed by atoms with van der Waals surface area (Å²) in [5, 5.41) is 12.2. The highest BCUT2D eigenvalue weighted by atomic mass is 32.2. The fourth-order valence-electron chi connectivity index (χ4n) is 3.30. The molecule has 0 bridgehead atoms. The van der Waals surface area contributed by atoms with Crippen molar-refractivity contribution in [2.45, 2.75) is 24.9 Å². The van der Waals surface area contributed by atoms with Crippen LogP contribution in [0.4, 0.5) is 10.1 Å². The molecule has 0 aliphatic rings. The summed E-state index contributed by atoms with van der Waals surface area (Å²) in [6.45, 7) is 4.18. The zero-order valence-electron chi connectivity index (χ0n) is 17.7. The van der Waals surface area contributed by atoms with Gasteiger partial charge >= 0.3 is 0 Å². The Hall–Kier alpha value is -3.52. The second-order valence-corrected chi connectivity index (χ2v) is 8.38. The van der Waals surface area contributed by atoms with E-state index >= 15 is 0 Å². The van der Waals surface area contributed by atoms with E-state index < -0.39 is 0 Å². The number of benzene rings is 2. The first kappa shape index (κ1) is 21.7. The Bertz CT molecular complexity index is 1210. The Morgan fingerprint density at radius 2 is 1.75 bits per heavy atom. The molecule has 0 radical (unpaired) electrons. The Balaban J connectivity index is 1.58. The van der Waals surface area contributed by atoms with Crippen LogP contribution in [0.1, 0.15) is 25.3 Å². The van der Waals surface area contributed by atoms with Gasteiger partial charge in [0, 0.05) is 29.3 Å². The standard InChI is InChI=1S/C24H22FN5OS/c1-16(2)20-5-3-4-6-21(20)27-22(31)15-32-24-29-28-23(17-11-13-26-14-12-17)30(24)19-9-7-18(25)8-10-19/h3-14,16H,15H2,1-2H3,(H,27,31). The van der Waals surface area contributed by atoms with Gasteiger partial charge in [0.25, 0.3) is 0 Å². The zero-order valence-corrected chi connectivity index (χ0v) is 18.5. The number of carbonyl (C=O) groups is 1. The van der Waals surface area contributed by atoms with Gasteiger partial charge in [0.1, 0.15) is 5.82 Å². The molecule has 0 saturated heterocycles. The van der Waals surface area contributed by atoms with Crippen LogP contribution < -0.4 is 5.32 Å². The summed E-state index contributed by atoms with van der Waals surface area (Å²) in [6, 6.07) is 17.5. The first-order chi connectivity index (χ1) is 15.5. The minimum atomic E-state index is -0.329. The quantitative estimate of drug-likeness (QED) is 0.388. The lowest BCUT2D eigenvalue weighted by Crippen LogP contribution is -2.16. The molecule has 2 aromatic heterocycles. The topological polar surface area (TPSA) is 72.7 Å². The Labute approximate surface area is 189 Å². The third-order valence-corrected chi connectivity index (χ3v) is 5.77. The molecule has 0 aliphatic carbocycles. The van der Waals surface area contributed by atoms with Crippen molar-refractivity contribution in [1.29, 1.82) is 0 Å². The smallest absolute Gasteiger partial charge is 0.234 e. The van der Waals surface area contributed by atoms with E-state index in [0.717, 1.165) is 16.8 Å². The van der Waals surface area contributed by atoms with E-state index in [9.17, 15) is 9.18 Å². The number of para-hydroxylation sites is 1. The molecule has 162 valence electrons. The summed E-state index contributed by atoms with van der Waals surface area (Å²) in [5.74, 6) is 0.574. The van der Waals surface area contributed by atoms with Crippen molar-refractivity contribution in [3.8, 4) is 17.1 Å². The van der Waals surface area contributed by atoms with Gasteiger partial charge < -0.3 is 5.32 Å². The van der Waals surface area contributed by atoms with Crippen LogP contribution in [-0.4, -0.2) is 31.4 Å². The lowest BCUT2D eigenvalue weighted by atomic mass is 10.0. The molecule has 0 atom stereocenters. The number of nitrogens with zero attached hydrogens (tertiary/aromatic N) is 4. The van der Waals surface area contributed by atoms with Crippen LogP contribution >= 0.6 is 11.8 Å². The van der Waals surface area contributed by atoms with Gasteiger partial charge in [-0.05, 0) is 53.9 Å². The van der Waals surface area contributed by atoms with Crippen molar-refractivity contribution < 1.29 is 9.18 Å². The molecule has 0 aliphatic heterocycles. The number of thioether (sulfide) groups is 1. The van der Waals surface area contributed by atoms with Crippen LogP contribution in [0.3, 0.4) is 0 Å². The molecular weight excluding hydrogens is 425 g/mol. The first-order valence-electron chi connectivity index (χ1n) is 10.2. The van der Waals surface area contributed by atoms with E-state index in [-0.39, 0.29) is 17.5 Å². The maximum absolute atomic E-state index is 13.5. The molecule has 0 unspecified atom stereocenters. The summed E-state index contributed by atoms with van der Waals surface area (Å²) in [4.78, 5) is 16.7. The van der Waals surface area contributed by atoms with Crippen molar-refractivity contribution in [2.24, 2.45) is 0 Å². The summed E-state index contributed by atoms with van der Waals surface area (Å²) in [7, 11) is 0. The van der Waals surface area contributed by atoms with E-state index in [2.05, 4.69) is 34.3 Å². The minimum absolute atomic E-state index is 0.137. The number of anilines is 1. The number of carbonyl (C=O) groups excluding carboxylic acids is 1. The van der Waals surface area contributed by atoms with Crippen molar-refractivity contribution in [2.75, 3.05) is 11.1 Å². The Morgan fingerprint density at radius 3 is 2.47 bits per heavy atom. The van der Waals surface area contributed by atoms with E-state index in [0.29, 0.717) is 22.6 Å². The molecule has 4 aromatic rings. The van der Waals surface area contributed by atoms with Crippen LogP contribution in [0, 0.1) is 5.82 Å². The van der Waals surface area contributed by atoms with Crippen molar-refractivity contribution in [3.63, 3.8) is 0 Å². The number of hydrogen-bond donors (Lipinski definition) is 1. The van der Waals surface area contributed by atoms with E-state index in [1.807, 2.05) is 41.0 Å². The summed E-state index contributed by atoms with van der Waals surface area (Å²) >= 11 is 1.27. The number of pyridine rings is 1. The zero-order chi connectivity index (χ0) is 22.5. The highest BCUT2D eigenvalue weighted by molar-refractivity contribution is 7.99. The van der Waals surface area contributed by atoms with Crippen LogP contribution in [0.2, 0.25) is 0 Å². The average molecular weight is 448 g/mol. The van der Waals surface area contributed by atoms with Crippen LogP contribution in [0.15, 0.2) is 78.2 Å². The van der Waals surface area contributed by atoms with Crippen molar-refractivity contribution in [3.05, 3.63) is 84.4 Å². The molecule has 0 spiro atoms. The van der Waals surface area contributed by atoms with Gasteiger partial charge in [-0.1, -0.05) is 43.8 Å². The second-order valence-electron chi connectivity index (χ2n) is 7.43. The maximum atomic E-state index is 13.5. The van der Waals surface area contributed by atoms with Crippen LogP contribution in [0.25, 0.3) is 17.1 Å². The van der Waals surface area contributed by atoms with Crippen LogP contribution in [0.5, 0.6) is 0 Å². The van der Waals surface area contributed by atoms with Crippen molar-refractivity contribution in [1.82, 2.24) is 19.7 Å². The van der Waals surface area contributed by atoms with E-state index in [4.69, 9.17) is 0 Å². The third-order valence-electron chi connectivity index (χ3n) is 4.85. The summed E-state index contributed by atoms with van der Waals surface area (Å²) in [6.07, 6.45) is 3.34. The molecule has 2 heterocycles. The fraction of sp³-hybridized carbons (Fsp3) is 0.167. The van der Waals surface area contributed by atoms with Gasteiger partial charge in [0.2, 0.25) is 5.91 Å². The van der Waals surface area contributed by atoms with Gasteiger partial charge in [0.05, 0.1) is 5.75 Å². The summed E-state index contributed by atoms with van der Waals surface area (Å²) < 4.78 is 15.3. The number of halogens is 1. The molecule has 4 rings (SSSR count). The summed E-state index contributed by atoms with van der Waals surface area (Å²) in [5.41, 5.74) is 3.42. The fourth-order valence-corrected chi connectivity index (χ4v) is 4.06. The number of nitrogens with one attached hydrogen (secondary N) is 1. The van der Waals surface area contributed by atoms with E-state index in [1.54, 1.807) is 24.5 Å². The number of hydrogen-bond acceptors (Lipinski definition) is 5. The lowest BCUT2D eigenvalue weighted by Gasteiger charge is -2.14. The number of aromatic nitrogens is 4. The average Bonchev–Trinajstić information content (AvgIpc) is 3.23. The van der Waals surface area contributed by atoms with Gasteiger partial charge in [-0.2, -0.15) is 0 Å². The Kier molecular flexibility index (Phi) is 6.61. The molecule has 32 heavy (non-hydrogen) atoms. The lowest BCUT2D eigenvalue weighted by molar-refractivity contribution is -0.113. The number of rotatable bonds is 7. The van der Waals surface area contributed by atoms with Gasteiger partial charge in [-0.15, -0.1) is 10.2 Å². The maximum Gasteiger partial charge on any atom is 0.234 e. The Morgan fingerprint density at radius 1 is 1.03 bits per heavy atom. The third kappa shape index (κ3) is 4.86. The van der Waals surface area contributed by atoms with Gasteiger partial charge in [-0.25, -0.2) is 4.39 Å². The van der Waals surface area contributed by atoms with Gasteiger partial charge in [-0.3, -0.25) is 14.3 Å². The molecule has 2 aromatic carbocycles. The molecule has 6 nitrogen and oxygen atoms in total. The molecule has 8 heteroatoms. The largest absolute Gasteiger partial charge is 0.325 e. The minimum Gasteiger partial charge on any atom is -0.325 e. The second kappa shape index (κ2) is 9.74. The highest BCUT2D eigenvalue weighted by Crippen LogP contribution is 2.28. The molecular formula is C24H22FN5OS. The molecule has 0 fully saturated rings. The predicted molar refractivity (Wildman–Crippen MR) is 124 cm³/mol. The SMILES string of the molecule is CC(C)c1ccccc1NC(=O)CSc1nnc(-c2ccncc2)n1-c1ccc(F)cc1. The van der Waals surface area contributed by atoms with Crippen molar-refractivity contribution >= 4 is 23.4 Å². The molecule has 0 saturated carbocycles. The van der Waals surface area contributed by atoms with Crippen LogP contribution in [-0.2, 0) is 4.79 Å².